The smallest absolute Gasteiger partial charge is 0.351 e. The van der Waals surface area contributed by atoms with Crippen LogP contribution in [0, 0.1) is 0 Å². The Kier molecular flexibility index (Phi) is 9.01. The predicted molar refractivity (Wildman–Crippen MR) is 141 cm³/mol. The maximum atomic E-state index is 12.8. The fourth-order valence-corrected chi connectivity index (χ4v) is 5.10. The van der Waals surface area contributed by atoms with Gasteiger partial charge in [0.05, 0.1) is 24.4 Å². The topological polar surface area (TPSA) is 168 Å². The average Bonchev–Trinajstić information content (AvgIpc) is 2.88. The van der Waals surface area contributed by atoms with Gasteiger partial charge < -0.3 is 45.1 Å². The van der Waals surface area contributed by atoms with Crippen LogP contribution in [-0.2, 0) is 14.2 Å². The van der Waals surface area contributed by atoms with E-state index in [0.717, 1.165) is 5.69 Å². The van der Waals surface area contributed by atoms with Gasteiger partial charge in [0, 0.05) is 30.9 Å². The number of aliphatic hydroxyl groups excluding tert-OH is 3. The number of hydrogen-bond acceptors (Lipinski definition) is 11. The molecular formula is C26H37N5O8. The number of benzene rings is 1. The Labute approximate surface area is 226 Å². The van der Waals surface area contributed by atoms with Crippen molar-refractivity contribution in [1.82, 2.24) is 14.5 Å². The highest BCUT2D eigenvalue weighted by molar-refractivity contribution is 6.03. The summed E-state index contributed by atoms with van der Waals surface area (Å²) < 4.78 is 18.9. The number of hydrogen-bond donors (Lipinski definition) is 5. The van der Waals surface area contributed by atoms with E-state index >= 15 is 0 Å². The third kappa shape index (κ3) is 6.30. The van der Waals surface area contributed by atoms with Gasteiger partial charge in [0.15, 0.2) is 6.29 Å². The van der Waals surface area contributed by atoms with Crippen molar-refractivity contribution in [1.29, 1.82) is 0 Å². The lowest BCUT2D eigenvalue weighted by Crippen LogP contribution is -2.63. The SMILES string of the molecule is CNc1ccc(C(=O)Nc2ccn([C@H]3C[C@@H](O)[C@H](O[C@@H]4O[C@@H](C)[C@H](N(C)C)[C@H](O)[C@H]4O)[C@H](C)O3)c(=O)n2)cc1. The van der Waals surface area contributed by atoms with Gasteiger partial charge in [-0.05, 0) is 58.3 Å². The van der Waals surface area contributed by atoms with Crippen LogP contribution in [-0.4, -0.2) is 106 Å². The van der Waals surface area contributed by atoms with Crippen LogP contribution in [0.4, 0.5) is 11.5 Å². The van der Waals surface area contributed by atoms with Crippen LogP contribution < -0.4 is 16.3 Å². The number of likely N-dealkylation sites (N-methyl/N-ethyl adjacent to an activating group) is 1. The second kappa shape index (κ2) is 12.1. The van der Waals surface area contributed by atoms with E-state index in [2.05, 4.69) is 15.6 Å². The minimum atomic E-state index is -1.33. The Bertz CT molecular complexity index is 1180. The van der Waals surface area contributed by atoms with Gasteiger partial charge >= 0.3 is 5.69 Å². The minimum Gasteiger partial charge on any atom is -0.390 e. The molecule has 2 aromatic rings. The van der Waals surface area contributed by atoms with E-state index in [-0.39, 0.29) is 12.2 Å². The maximum Gasteiger partial charge on any atom is 0.351 e. The molecule has 0 aliphatic carbocycles. The first-order valence-electron chi connectivity index (χ1n) is 12.9. The van der Waals surface area contributed by atoms with E-state index in [1.807, 2.05) is 0 Å². The molecule has 2 aliphatic rings. The lowest BCUT2D eigenvalue weighted by atomic mass is 9.95. The average molecular weight is 548 g/mol. The molecule has 2 aliphatic heterocycles. The molecule has 0 saturated carbocycles. The molecule has 214 valence electrons. The number of rotatable bonds is 7. The van der Waals surface area contributed by atoms with Crippen molar-refractivity contribution in [2.45, 2.75) is 75.5 Å². The first-order chi connectivity index (χ1) is 18.5. The molecule has 0 bridgehead atoms. The fourth-order valence-electron chi connectivity index (χ4n) is 5.10. The quantitative estimate of drug-likeness (QED) is 0.316. The lowest BCUT2D eigenvalue weighted by molar-refractivity contribution is -0.322. The predicted octanol–water partition coefficient (Wildman–Crippen LogP) is -0.0124. The van der Waals surface area contributed by atoms with Crippen molar-refractivity contribution in [3.63, 3.8) is 0 Å². The van der Waals surface area contributed by atoms with Crippen molar-refractivity contribution in [2.24, 2.45) is 0 Å². The van der Waals surface area contributed by atoms with Crippen LogP contribution >= 0.6 is 0 Å². The van der Waals surface area contributed by atoms with E-state index in [0.29, 0.717) is 5.56 Å². The molecule has 1 aromatic carbocycles. The molecule has 1 aromatic heterocycles. The highest BCUT2D eigenvalue weighted by atomic mass is 16.7. The molecule has 39 heavy (non-hydrogen) atoms. The molecule has 13 heteroatoms. The van der Waals surface area contributed by atoms with Crippen LogP contribution in [0.2, 0.25) is 0 Å². The van der Waals surface area contributed by atoms with Crippen LogP contribution in [0.3, 0.4) is 0 Å². The third-order valence-corrected chi connectivity index (χ3v) is 7.17. The first kappa shape index (κ1) is 29.1. The van der Waals surface area contributed by atoms with Crippen molar-refractivity contribution < 1.29 is 34.3 Å². The van der Waals surface area contributed by atoms with Crippen LogP contribution in [0.5, 0.6) is 0 Å². The maximum absolute atomic E-state index is 12.8. The van der Waals surface area contributed by atoms with E-state index in [9.17, 15) is 24.9 Å². The van der Waals surface area contributed by atoms with Gasteiger partial charge in [-0.2, -0.15) is 4.98 Å². The number of anilines is 2. The molecule has 13 nitrogen and oxygen atoms in total. The monoisotopic (exact) mass is 547 g/mol. The summed E-state index contributed by atoms with van der Waals surface area (Å²) >= 11 is 0. The summed E-state index contributed by atoms with van der Waals surface area (Å²) in [6.45, 7) is 3.44. The summed E-state index contributed by atoms with van der Waals surface area (Å²) in [5.74, 6) is -0.333. The number of nitrogens with one attached hydrogen (secondary N) is 2. The van der Waals surface area contributed by atoms with E-state index in [4.69, 9.17) is 14.2 Å². The number of aromatic nitrogens is 2. The molecular weight excluding hydrogens is 510 g/mol. The number of amides is 1. The van der Waals surface area contributed by atoms with Gasteiger partial charge in [-0.3, -0.25) is 9.36 Å². The van der Waals surface area contributed by atoms with Crippen LogP contribution in [0.1, 0.15) is 36.9 Å². The summed E-state index contributed by atoms with van der Waals surface area (Å²) in [7, 11) is 5.34. The van der Waals surface area contributed by atoms with Crippen molar-refractivity contribution in [2.75, 3.05) is 31.8 Å². The van der Waals surface area contributed by atoms with E-state index < -0.39 is 66.8 Å². The summed E-state index contributed by atoms with van der Waals surface area (Å²) in [6, 6.07) is 7.86. The van der Waals surface area contributed by atoms with E-state index in [1.54, 1.807) is 64.2 Å². The zero-order chi connectivity index (χ0) is 28.4. The number of aliphatic hydroxyl groups is 3. The molecule has 3 heterocycles. The number of carbonyl (C=O) groups excluding carboxylic acids is 1. The second-order valence-electron chi connectivity index (χ2n) is 10.1. The molecule has 9 atom stereocenters. The molecule has 5 N–H and O–H groups in total. The minimum absolute atomic E-state index is 0.00135. The van der Waals surface area contributed by atoms with E-state index in [1.165, 1.54) is 16.8 Å². The summed E-state index contributed by atoms with van der Waals surface area (Å²) in [5, 5.41) is 37.6. The van der Waals surface area contributed by atoms with Crippen molar-refractivity contribution >= 4 is 17.4 Å². The molecule has 1 amide bonds. The van der Waals surface area contributed by atoms with Gasteiger partial charge in [-0.1, -0.05) is 0 Å². The summed E-state index contributed by atoms with van der Waals surface area (Å²) in [5.41, 5.74) is 0.598. The summed E-state index contributed by atoms with van der Waals surface area (Å²) in [6.07, 6.45) is -6.10. The Morgan fingerprint density at radius 2 is 1.77 bits per heavy atom. The van der Waals surface area contributed by atoms with Crippen LogP contribution in [0.15, 0.2) is 41.3 Å². The number of nitrogens with zero attached hydrogens (tertiary/aromatic N) is 3. The van der Waals surface area contributed by atoms with Gasteiger partial charge in [-0.25, -0.2) is 4.79 Å². The molecule has 2 saturated heterocycles. The van der Waals surface area contributed by atoms with Gasteiger partial charge in [0.2, 0.25) is 0 Å². The standard InChI is InChI=1S/C26H37N5O8/c1-13-20(30(4)5)21(33)22(34)25(38-13)39-23-14(2)37-19(12-17(23)32)31-11-10-18(29-26(31)36)28-24(35)15-6-8-16(27-3)9-7-15/h6-11,13-14,17,19-23,25,27,32-34H,12H2,1-5H3,(H,28,29,35,36)/t13-,14-,17+,19+,20-,21-,22+,23+,25-/m0/s1. The Balaban J connectivity index is 1.39. The lowest BCUT2D eigenvalue weighted by Gasteiger charge is -2.46. The summed E-state index contributed by atoms with van der Waals surface area (Å²) in [4.78, 5) is 31.0. The van der Waals surface area contributed by atoms with Crippen molar-refractivity contribution in [3.8, 4) is 0 Å². The second-order valence-corrected chi connectivity index (χ2v) is 10.1. The molecule has 0 unspecified atom stereocenters. The highest BCUT2D eigenvalue weighted by Crippen LogP contribution is 2.32. The Morgan fingerprint density at radius 3 is 2.36 bits per heavy atom. The zero-order valence-corrected chi connectivity index (χ0v) is 22.6. The number of carbonyl (C=O) groups is 1. The molecule has 4 rings (SSSR count). The normalized spacial score (nSPS) is 33.1. The third-order valence-electron chi connectivity index (χ3n) is 7.17. The molecule has 0 spiro atoms. The molecule has 2 fully saturated rings. The van der Waals surface area contributed by atoms with Gasteiger partial charge in [0.25, 0.3) is 5.91 Å². The number of ether oxygens (including phenoxy) is 3. The van der Waals surface area contributed by atoms with Crippen LogP contribution in [0.25, 0.3) is 0 Å². The van der Waals surface area contributed by atoms with Gasteiger partial charge in [-0.15, -0.1) is 0 Å². The zero-order valence-electron chi connectivity index (χ0n) is 22.6. The Hall–Kier alpha value is -2.91. The first-order valence-corrected chi connectivity index (χ1v) is 12.9. The fraction of sp³-hybridized carbons (Fsp3) is 0.577. The highest BCUT2D eigenvalue weighted by Gasteiger charge is 2.47. The Morgan fingerprint density at radius 1 is 1.08 bits per heavy atom. The molecule has 0 radical (unpaired) electrons. The van der Waals surface area contributed by atoms with Crippen molar-refractivity contribution in [3.05, 3.63) is 52.6 Å². The largest absolute Gasteiger partial charge is 0.390 e. The van der Waals surface area contributed by atoms with Gasteiger partial charge in [0.1, 0.15) is 30.4 Å².